The van der Waals surface area contributed by atoms with Gasteiger partial charge in [-0.1, -0.05) is 0 Å². The molecule has 1 aromatic rings. The van der Waals surface area contributed by atoms with Crippen LogP contribution in [0.3, 0.4) is 0 Å². The second-order valence-electron chi connectivity index (χ2n) is 4.22. The van der Waals surface area contributed by atoms with E-state index in [-0.39, 0.29) is 17.4 Å². The molecular formula is C10H15N3O3S. The third-order valence-corrected chi connectivity index (χ3v) is 4.62. The first kappa shape index (κ1) is 12.3. The molecular weight excluding hydrogens is 242 g/mol. The summed E-state index contributed by atoms with van der Waals surface area (Å²) in [5, 5.41) is 0.0206. The lowest BCUT2D eigenvalue weighted by Crippen LogP contribution is -2.40. The third-order valence-electron chi connectivity index (χ3n) is 2.91. The molecule has 2 heterocycles. The number of hydrogen-bond acceptors (Lipinski definition) is 4. The van der Waals surface area contributed by atoms with Gasteiger partial charge in [-0.05, 0) is 13.3 Å². The Morgan fingerprint density at radius 2 is 2.12 bits per heavy atom. The highest BCUT2D eigenvalue weighted by Crippen LogP contribution is 2.18. The number of carbonyl (C=O) groups is 1. The number of hydrogen-bond donors (Lipinski definition) is 0. The Bertz CT molecular complexity index is 528. The van der Waals surface area contributed by atoms with Crippen molar-refractivity contribution in [1.82, 2.24) is 13.9 Å². The van der Waals surface area contributed by atoms with Gasteiger partial charge in [0.2, 0.25) is 0 Å². The number of ketones is 1. The van der Waals surface area contributed by atoms with Crippen LogP contribution >= 0.6 is 0 Å². The highest BCUT2D eigenvalue weighted by Gasteiger charge is 2.31. The molecule has 0 radical (unpaired) electrons. The van der Waals surface area contributed by atoms with E-state index in [9.17, 15) is 13.2 Å². The van der Waals surface area contributed by atoms with Gasteiger partial charge in [0.25, 0.3) is 10.0 Å². The van der Waals surface area contributed by atoms with Crippen molar-refractivity contribution in [2.45, 2.75) is 24.8 Å². The number of nitrogens with zero attached hydrogens (tertiary/aromatic N) is 3. The molecule has 94 valence electrons. The second-order valence-corrected chi connectivity index (χ2v) is 6.10. The van der Waals surface area contributed by atoms with Crippen molar-refractivity contribution in [2.24, 2.45) is 7.05 Å². The first-order valence-electron chi connectivity index (χ1n) is 5.43. The van der Waals surface area contributed by atoms with Gasteiger partial charge in [0.1, 0.15) is 11.6 Å². The Labute approximate surface area is 100 Å². The minimum absolute atomic E-state index is 0.0206. The van der Waals surface area contributed by atoms with E-state index >= 15 is 0 Å². The van der Waals surface area contributed by atoms with Gasteiger partial charge in [-0.25, -0.2) is 13.4 Å². The molecule has 1 aromatic heterocycles. The average Bonchev–Trinajstić information content (AvgIpc) is 2.60. The molecule has 1 fully saturated rings. The summed E-state index contributed by atoms with van der Waals surface area (Å²) in [5.41, 5.74) is 0. The number of carbonyl (C=O) groups excluding carboxylic acids is 1. The van der Waals surface area contributed by atoms with E-state index in [0.717, 1.165) is 0 Å². The largest absolute Gasteiger partial charge is 0.337 e. The van der Waals surface area contributed by atoms with Crippen LogP contribution < -0.4 is 0 Å². The number of rotatable bonds is 2. The Morgan fingerprint density at radius 3 is 2.65 bits per heavy atom. The highest BCUT2D eigenvalue weighted by molar-refractivity contribution is 7.89. The topological polar surface area (TPSA) is 72.3 Å². The van der Waals surface area contributed by atoms with Crippen molar-refractivity contribution >= 4 is 15.8 Å². The Balaban J connectivity index is 2.32. The lowest BCUT2D eigenvalue weighted by Gasteiger charge is -2.23. The smallest absolute Gasteiger partial charge is 0.262 e. The summed E-state index contributed by atoms with van der Waals surface area (Å²) in [6, 6.07) is 0. The Kier molecular flexibility index (Phi) is 3.05. The van der Waals surface area contributed by atoms with E-state index in [0.29, 0.717) is 25.2 Å². The van der Waals surface area contributed by atoms with Gasteiger partial charge in [0, 0.05) is 26.2 Å². The first-order valence-corrected chi connectivity index (χ1v) is 6.87. The van der Waals surface area contributed by atoms with Crippen molar-refractivity contribution in [3.05, 3.63) is 12.0 Å². The normalized spacial score (nSPS) is 18.6. The highest BCUT2D eigenvalue weighted by atomic mass is 32.2. The van der Waals surface area contributed by atoms with E-state index in [2.05, 4.69) is 4.98 Å². The minimum Gasteiger partial charge on any atom is -0.337 e. The molecule has 17 heavy (non-hydrogen) atoms. The SMILES string of the molecule is Cc1nc(S(=O)(=O)N2CCCC(=O)C2)cn1C. The molecule has 0 unspecified atom stereocenters. The van der Waals surface area contributed by atoms with E-state index < -0.39 is 10.0 Å². The third kappa shape index (κ3) is 2.25. The number of piperidine rings is 1. The van der Waals surface area contributed by atoms with Crippen LogP contribution in [0.2, 0.25) is 0 Å². The zero-order valence-corrected chi connectivity index (χ0v) is 10.7. The molecule has 0 amide bonds. The van der Waals surface area contributed by atoms with Crippen LogP contribution in [0.5, 0.6) is 0 Å². The maximum atomic E-state index is 12.2. The number of imidazole rings is 1. The van der Waals surface area contributed by atoms with Crippen LogP contribution in [0.1, 0.15) is 18.7 Å². The van der Waals surface area contributed by atoms with E-state index in [4.69, 9.17) is 0 Å². The summed E-state index contributed by atoms with van der Waals surface area (Å²) in [6.07, 6.45) is 2.53. The minimum atomic E-state index is -3.62. The number of aryl methyl sites for hydroxylation is 2. The quantitative estimate of drug-likeness (QED) is 0.752. The lowest BCUT2D eigenvalue weighted by atomic mass is 10.1. The fourth-order valence-corrected chi connectivity index (χ4v) is 3.28. The molecule has 0 N–H and O–H groups in total. The summed E-state index contributed by atoms with van der Waals surface area (Å²) < 4.78 is 27.3. The standard InChI is InChI=1S/C10H15N3O3S/c1-8-11-10(7-12(8)2)17(15,16)13-5-3-4-9(14)6-13/h7H,3-6H2,1-2H3. The molecule has 1 aliphatic heterocycles. The van der Waals surface area contributed by atoms with E-state index in [1.165, 1.54) is 10.5 Å². The summed E-state index contributed by atoms with van der Waals surface area (Å²) in [7, 11) is -1.88. The van der Waals surface area contributed by atoms with Crippen LogP contribution in [0.25, 0.3) is 0 Å². The predicted octanol–water partition coefficient (Wildman–Crippen LogP) is 0.0821. The lowest BCUT2D eigenvalue weighted by molar-refractivity contribution is -0.120. The number of aromatic nitrogens is 2. The van der Waals surface area contributed by atoms with Gasteiger partial charge in [-0.3, -0.25) is 4.79 Å². The van der Waals surface area contributed by atoms with Crippen LogP contribution in [-0.2, 0) is 21.9 Å². The molecule has 0 spiro atoms. The molecule has 1 aliphatic rings. The van der Waals surface area contributed by atoms with Crippen molar-refractivity contribution in [3.63, 3.8) is 0 Å². The molecule has 6 nitrogen and oxygen atoms in total. The molecule has 0 aliphatic carbocycles. The monoisotopic (exact) mass is 257 g/mol. The molecule has 2 rings (SSSR count). The van der Waals surface area contributed by atoms with Crippen LogP contribution in [0.15, 0.2) is 11.2 Å². The van der Waals surface area contributed by atoms with Gasteiger partial charge in [0.05, 0.1) is 6.54 Å². The van der Waals surface area contributed by atoms with Gasteiger partial charge in [0.15, 0.2) is 5.03 Å². The Morgan fingerprint density at radius 1 is 1.41 bits per heavy atom. The maximum absolute atomic E-state index is 12.2. The Hall–Kier alpha value is -1.21. The van der Waals surface area contributed by atoms with Crippen molar-refractivity contribution in [3.8, 4) is 0 Å². The zero-order valence-electron chi connectivity index (χ0n) is 9.88. The van der Waals surface area contributed by atoms with E-state index in [1.807, 2.05) is 0 Å². The predicted molar refractivity (Wildman–Crippen MR) is 60.9 cm³/mol. The van der Waals surface area contributed by atoms with Gasteiger partial charge in [-0.15, -0.1) is 0 Å². The first-order chi connectivity index (χ1) is 7.91. The average molecular weight is 257 g/mol. The van der Waals surface area contributed by atoms with Crippen molar-refractivity contribution in [2.75, 3.05) is 13.1 Å². The summed E-state index contributed by atoms with van der Waals surface area (Å²) in [5.74, 6) is 0.597. The van der Waals surface area contributed by atoms with Gasteiger partial charge < -0.3 is 4.57 Å². The fourth-order valence-electron chi connectivity index (χ4n) is 1.80. The molecule has 0 saturated carbocycles. The molecule has 0 bridgehead atoms. The number of sulfonamides is 1. The van der Waals surface area contributed by atoms with Crippen LogP contribution in [0.4, 0.5) is 0 Å². The molecule has 1 saturated heterocycles. The van der Waals surface area contributed by atoms with Crippen molar-refractivity contribution < 1.29 is 13.2 Å². The van der Waals surface area contributed by atoms with Crippen molar-refractivity contribution in [1.29, 1.82) is 0 Å². The maximum Gasteiger partial charge on any atom is 0.262 e. The fraction of sp³-hybridized carbons (Fsp3) is 0.600. The number of Topliss-reactive ketones (excluding diaryl/α,β-unsaturated/α-hetero) is 1. The molecule has 7 heteroatoms. The van der Waals surface area contributed by atoms with Crippen LogP contribution in [0, 0.1) is 6.92 Å². The van der Waals surface area contributed by atoms with Gasteiger partial charge >= 0.3 is 0 Å². The zero-order chi connectivity index (χ0) is 12.6. The summed E-state index contributed by atoms with van der Waals surface area (Å²) in [6.45, 7) is 2.10. The summed E-state index contributed by atoms with van der Waals surface area (Å²) in [4.78, 5) is 15.3. The summed E-state index contributed by atoms with van der Waals surface area (Å²) >= 11 is 0. The van der Waals surface area contributed by atoms with Crippen LogP contribution in [-0.4, -0.2) is 41.1 Å². The van der Waals surface area contributed by atoms with E-state index in [1.54, 1.807) is 18.5 Å². The van der Waals surface area contributed by atoms with Gasteiger partial charge in [-0.2, -0.15) is 4.31 Å². The second kappa shape index (κ2) is 4.23. The molecule has 0 aromatic carbocycles. The molecule has 0 atom stereocenters.